The Morgan fingerprint density at radius 2 is 1.78 bits per heavy atom. The fourth-order valence-corrected chi connectivity index (χ4v) is 2.50. The SMILES string of the molecule is COc1ccccc1NC(=O)COC(=O)COc1cc(C)ccc1C(C)C. The Hall–Kier alpha value is -3.02. The van der Waals surface area contributed by atoms with Crippen LogP contribution in [0, 0.1) is 6.92 Å². The van der Waals surface area contributed by atoms with Crippen LogP contribution in [0.3, 0.4) is 0 Å². The maximum Gasteiger partial charge on any atom is 0.344 e. The van der Waals surface area contributed by atoms with Crippen LogP contribution in [-0.4, -0.2) is 32.2 Å². The molecule has 2 rings (SSSR count). The number of anilines is 1. The van der Waals surface area contributed by atoms with Crippen molar-refractivity contribution in [2.45, 2.75) is 26.7 Å². The van der Waals surface area contributed by atoms with Crippen LogP contribution in [0.1, 0.15) is 30.9 Å². The first-order valence-electron chi connectivity index (χ1n) is 8.72. The molecule has 27 heavy (non-hydrogen) atoms. The van der Waals surface area contributed by atoms with Crippen LogP contribution in [0.15, 0.2) is 42.5 Å². The topological polar surface area (TPSA) is 73.9 Å². The van der Waals surface area contributed by atoms with Crippen molar-refractivity contribution in [3.63, 3.8) is 0 Å². The minimum Gasteiger partial charge on any atom is -0.495 e. The highest BCUT2D eigenvalue weighted by atomic mass is 16.6. The second-order valence-electron chi connectivity index (χ2n) is 6.39. The molecule has 0 radical (unpaired) electrons. The summed E-state index contributed by atoms with van der Waals surface area (Å²) < 4.78 is 15.7. The summed E-state index contributed by atoms with van der Waals surface area (Å²) in [6.45, 7) is 5.41. The first-order valence-corrected chi connectivity index (χ1v) is 8.72. The average molecular weight is 371 g/mol. The van der Waals surface area contributed by atoms with Gasteiger partial charge in [0.25, 0.3) is 5.91 Å². The van der Waals surface area contributed by atoms with E-state index in [4.69, 9.17) is 14.2 Å². The van der Waals surface area contributed by atoms with Crippen LogP contribution < -0.4 is 14.8 Å². The molecule has 0 aromatic heterocycles. The fraction of sp³-hybridized carbons (Fsp3) is 0.333. The normalized spacial score (nSPS) is 10.4. The van der Waals surface area contributed by atoms with E-state index in [0.29, 0.717) is 17.2 Å². The number of amides is 1. The number of nitrogens with one attached hydrogen (secondary N) is 1. The Labute approximate surface area is 159 Å². The minimum absolute atomic E-state index is 0.259. The molecule has 0 spiro atoms. The van der Waals surface area contributed by atoms with E-state index in [1.165, 1.54) is 7.11 Å². The molecule has 1 amide bonds. The van der Waals surface area contributed by atoms with E-state index in [9.17, 15) is 9.59 Å². The standard InChI is InChI=1S/C21H25NO5/c1-14(2)16-10-9-15(3)11-19(16)26-13-21(24)27-12-20(23)22-17-7-5-6-8-18(17)25-4/h5-11,14H,12-13H2,1-4H3,(H,22,23). The Morgan fingerprint density at radius 1 is 1.04 bits per heavy atom. The predicted molar refractivity (Wildman–Crippen MR) is 103 cm³/mol. The minimum atomic E-state index is -0.610. The lowest BCUT2D eigenvalue weighted by molar-refractivity contribution is -0.149. The quantitative estimate of drug-likeness (QED) is 0.717. The smallest absolute Gasteiger partial charge is 0.344 e. The number of methoxy groups -OCH3 is 1. The van der Waals surface area contributed by atoms with Crippen LogP contribution >= 0.6 is 0 Å². The summed E-state index contributed by atoms with van der Waals surface area (Å²) in [6, 6.07) is 12.9. The first-order chi connectivity index (χ1) is 12.9. The number of para-hydroxylation sites is 2. The summed E-state index contributed by atoms with van der Waals surface area (Å²) in [5.41, 5.74) is 2.57. The largest absolute Gasteiger partial charge is 0.495 e. The van der Waals surface area contributed by atoms with Crippen molar-refractivity contribution in [3.05, 3.63) is 53.6 Å². The van der Waals surface area contributed by atoms with Crippen LogP contribution in [-0.2, 0) is 14.3 Å². The Bertz CT molecular complexity index is 801. The van der Waals surface area contributed by atoms with Crippen molar-refractivity contribution in [3.8, 4) is 11.5 Å². The van der Waals surface area contributed by atoms with Crippen molar-refractivity contribution < 1.29 is 23.8 Å². The molecule has 6 nitrogen and oxygen atoms in total. The summed E-state index contributed by atoms with van der Waals surface area (Å²) in [5.74, 6) is 0.387. The number of hydrogen-bond acceptors (Lipinski definition) is 5. The van der Waals surface area contributed by atoms with Gasteiger partial charge in [-0.2, -0.15) is 0 Å². The molecular formula is C21H25NO5. The monoisotopic (exact) mass is 371 g/mol. The van der Waals surface area contributed by atoms with Crippen LogP contribution in [0.25, 0.3) is 0 Å². The molecular weight excluding hydrogens is 346 g/mol. The van der Waals surface area contributed by atoms with Crippen LogP contribution in [0.5, 0.6) is 11.5 Å². The van der Waals surface area contributed by atoms with Crippen LogP contribution in [0.4, 0.5) is 5.69 Å². The molecule has 2 aromatic rings. The molecule has 1 N–H and O–H groups in total. The van der Waals surface area contributed by atoms with Crippen LogP contribution in [0.2, 0.25) is 0 Å². The third-order valence-electron chi connectivity index (χ3n) is 3.88. The van der Waals surface area contributed by atoms with Gasteiger partial charge in [-0.15, -0.1) is 0 Å². The van der Waals surface area contributed by atoms with Gasteiger partial charge in [0.15, 0.2) is 13.2 Å². The van der Waals surface area contributed by atoms with Gasteiger partial charge in [0.2, 0.25) is 0 Å². The molecule has 144 valence electrons. The maximum atomic E-state index is 12.0. The van der Waals surface area contributed by atoms with Gasteiger partial charge in [-0.3, -0.25) is 4.79 Å². The highest BCUT2D eigenvalue weighted by Gasteiger charge is 2.13. The lowest BCUT2D eigenvalue weighted by Gasteiger charge is -2.14. The van der Waals surface area contributed by atoms with Gasteiger partial charge < -0.3 is 19.5 Å². The van der Waals surface area contributed by atoms with E-state index < -0.39 is 18.5 Å². The molecule has 6 heteroatoms. The molecule has 0 aliphatic carbocycles. The average Bonchev–Trinajstić information content (AvgIpc) is 2.65. The van der Waals surface area contributed by atoms with Crippen molar-refractivity contribution in [1.29, 1.82) is 0 Å². The number of rotatable bonds is 8. The molecule has 0 aliphatic heterocycles. The van der Waals surface area contributed by atoms with Gasteiger partial charge in [0, 0.05) is 0 Å². The fourth-order valence-electron chi connectivity index (χ4n) is 2.50. The molecule has 0 atom stereocenters. The maximum absolute atomic E-state index is 12.0. The van der Waals surface area contributed by atoms with Gasteiger partial charge in [-0.1, -0.05) is 38.1 Å². The Morgan fingerprint density at radius 3 is 2.48 bits per heavy atom. The molecule has 2 aromatic carbocycles. The van der Waals surface area contributed by atoms with E-state index in [2.05, 4.69) is 19.2 Å². The zero-order chi connectivity index (χ0) is 19.8. The van der Waals surface area contributed by atoms with E-state index >= 15 is 0 Å². The van der Waals surface area contributed by atoms with Gasteiger partial charge >= 0.3 is 5.97 Å². The lowest BCUT2D eigenvalue weighted by atomic mass is 10.0. The van der Waals surface area contributed by atoms with Crippen molar-refractivity contribution >= 4 is 17.6 Å². The third-order valence-corrected chi connectivity index (χ3v) is 3.88. The third kappa shape index (κ3) is 6.02. The van der Waals surface area contributed by atoms with E-state index in [1.807, 2.05) is 25.1 Å². The molecule has 0 fully saturated rings. The van der Waals surface area contributed by atoms with E-state index in [1.54, 1.807) is 24.3 Å². The summed E-state index contributed by atoms with van der Waals surface area (Å²) in [4.78, 5) is 23.9. The van der Waals surface area contributed by atoms with Gasteiger partial charge in [0.1, 0.15) is 11.5 Å². The summed E-state index contributed by atoms with van der Waals surface area (Å²) in [7, 11) is 1.51. The highest BCUT2D eigenvalue weighted by molar-refractivity contribution is 5.94. The first kappa shape index (κ1) is 20.3. The zero-order valence-corrected chi connectivity index (χ0v) is 16.1. The summed E-state index contributed by atoms with van der Waals surface area (Å²) in [5, 5.41) is 2.64. The Kier molecular flexibility index (Phi) is 7.23. The van der Waals surface area contributed by atoms with E-state index in [-0.39, 0.29) is 12.5 Å². The summed E-state index contributed by atoms with van der Waals surface area (Å²) in [6.07, 6.45) is 0. The van der Waals surface area contributed by atoms with Gasteiger partial charge in [-0.05, 0) is 42.2 Å². The highest BCUT2D eigenvalue weighted by Crippen LogP contribution is 2.27. The van der Waals surface area contributed by atoms with Gasteiger partial charge in [-0.25, -0.2) is 4.79 Å². The lowest BCUT2D eigenvalue weighted by Crippen LogP contribution is -2.24. The number of esters is 1. The second kappa shape index (κ2) is 9.62. The second-order valence-corrected chi connectivity index (χ2v) is 6.39. The Balaban J connectivity index is 1.84. The molecule has 0 saturated carbocycles. The number of aryl methyl sites for hydroxylation is 1. The molecule has 0 aliphatic rings. The van der Waals surface area contributed by atoms with Crippen molar-refractivity contribution in [2.24, 2.45) is 0 Å². The number of benzene rings is 2. The number of carbonyl (C=O) groups is 2. The summed E-state index contributed by atoms with van der Waals surface area (Å²) >= 11 is 0. The number of ether oxygens (including phenoxy) is 3. The van der Waals surface area contributed by atoms with Gasteiger partial charge in [0.05, 0.1) is 12.8 Å². The van der Waals surface area contributed by atoms with Crippen molar-refractivity contribution in [1.82, 2.24) is 0 Å². The zero-order valence-electron chi connectivity index (χ0n) is 16.1. The molecule has 0 unspecified atom stereocenters. The number of hydrogen-bond donors (Lipinski definition) is 1. The van der Waals surface area contributed by atoms with E-state index in [0.717, 1.165) is 11.1 Å². The molecule has 0 heterocycles. The van der Waals surface area contributed by atoms with Crippen molar-refractivity contribution in [2.75, 3.05) is 25.6 Å². The molecule has 0 saturated heterocycles. The predicted octanol–water partition coefficient (Wildman–Crippen LogP) is 3.69. The molecule has 0 bridgehead atoms. The number of carbonyl (C=O) groups excluding carboxylic acids is 2.